The molecule has 1 aromatic heterocycles. The number of nitrogens with zero attached hydrogens (tertiary/aromatic N) is 4. The molecule has 0 aliphatic rings. The van der Waals surface area contributed by atoms with Gasteiger partial charge in [0.1, 0.15) is 13.2 Å². The summed E-state index contributed by atoms with van der Waals surface area (Å²) in [6.45, 7) is 2.17. The van der Waals surface area contributed by atoms with E-state index in [1.54, 1.807) is 21.0 Å². The lowest BCUT2D eigenvalue weighted by molar-refractivity contribution is -0.129. The third-order valence-electron chi connectivity index (χ3n) is 2.48. The van der Waals surface area contributed by atoms with Crippen LogP contribution in [0.25, 0.3) is 0 Å². The average molecular weight is 270 g/mol. The second kappa shape index (κ2) is 6.83. The number of carbonyl (C=O) groups is 2. The van der Waals surface area contributed by atoms with E-state index in [-0.39, 0.29) is 24.8 Å². The van der Waals surface area contributed by atoms with Crippen LogP contribution in [0.2, 0.25) is 0 Å². The molecule has 19 heavy (non-hydrogen) atoms. The second-order valence-electron chi connectivity index (χ2n) is 4.10. The van der Waals surface area contributed by atoms with Crippen LogP contribution in [0.5, 0.6) is 0 Å². The molecule has 0 aliphatic heterocycles. The Morgan fingerprint density at radius 1 is 1.32 bits per heavy atom. The maximum atomic E-state index is 11.7. The molecule has 1 rings (SSSR count). The van der Waals surface area contributed by atoms with Gasteiger partial charge in [-0.25, -0.2) is 9.48 Å². The smallest absolute Gasteiger partial charge is 0.360 e. The number of hydrogen-bond donors (Lipinski definition) is 0. The van der Waals surface area contributed by atoms with Gasteiger partial charge in [0.15, 0.2) is 5.69 Å². The Morgan fingerprint density at radius 3 is 2.58 bits per heavy atom. The standard InChI is InChI=1S/C11H18N4O4/c1-8-10(11(17)19-6-5-18-4)12-13-15(8)7-9(16)14(2)3/h5-7H2,1-4H3. The number of rotatable bonds is 6. The van der Waals surface area contributed by atoms with Gasteiger partial charge in [0.2, 0.25) is 5.91 Å². The van der Waals surface area contributed by atoms with Crippen LogP contribution in [0.1, 0.15) is 16.2 Å². The minimum atomic E-state index is -0.571. The first-order chi connectivity index (χ1) is 8.97. The first-order valence-corrected chi connectivity index (χ1v) is 5.73. The predicted molar refractivity (Wildman–Crippen MR) is 65.6 cm³/mol. The van der Waals surface area contributed by atoms with Gasteiger partial charge < -0.3 is 14.4 Å². The van der Waals surface area contributed by atoms with Crippen LogP contribution < -0.4 is 0 Å². The molecular weight excluding hydrogens is 252 g/mol. The van der Waals surface area contributed by atoms with Crippen molar-refractivity contribution in [3.8, 4) is 0 Å². The Labute approximate surface area is 111 Å². The summed E-state index contributed by atoms with van der Waals surface area (Å²) in [6, 6.07) is 0. The zero-order valence-corrected chi connectivity index (χ0v) is 11.5. The molecule has 0 atom stereocenters. The van der Waals surface area contributed by atoms with Crippen molar-refractivity contribution in [2.45, 2.75) is 13.5 Å². The number of carbonyl (C=O) groups excluding carboxylic acids is 2. The Kier molecular flexibility index (Phi) is 5.43. The molecule has 0 radical (unpaired) electrons. The van der Waals surface area contributed by atoms with Gasteiger partial charge in [-0.2, -0.15) is 0 Å². The van der Waals surface area contributed by atoms with Crippen LogP contribution in [-0.2, 0) is 20.8 Å². The first-order valence-electron chi connectivity index (χ1n) is 5.73. The molecule has 0 spiro atoms. The summed E-state index contributed by atoms with van der Waals surface area (Å²) in [5, 5.41) is 7.51. The molecule has 106 valence electrons. The first kappa shape index (κ1) is 15.1. The van der Waals surface area contributed by atoms with E-state index in [9.17, 15) is 9.59 Å². The summed E-state index contributed by atoms with van der Waals surface area (Å²) in [4.78, 5) is 24.7. The van der Waals surface area contributed by atoms with Gasteiger partial charge >= 0.3 is 5.97 Å². The van der Waals surface area contributed by atoms with Gasteiger partial charge in [-0.05, 0) is 6.92 Å². The lowest BCUT2D eigenvalue weighted by atomic mass is 10.3. The zero-order chi connectivity index (χ0) is 14.4. The quantitative estimate of drug-likeness (QED) is 0.510. The van der Waals surface area contributed by atoms with Crippen molar-refractivity contribution < 1.29 is 19.1 Å². The highest BCUT2D eigenvalue weighted by atomic mass is 16.6. The minimum absolute atomic E-state index is 0.0389. The fourth-order valence-electron chi connectivity index (χ4n) is 1.25. The monoisotopic (exact) mass is 270 g/mol. The zero-order valence-electron chi connectivity index (χ0n) is 11.5. The van der Waals surface area contributed by atoms with Gasteiger partial charge in [-0.15, -0.1) is 5.10 Å². The molecule has 0 saturated carbocycles. The maximum Gasteiger partial charge on any atom is 0.360 e. The van der Waals surface area contributed by atoms with Gasteiger partial charge in [-0.1, -0.05) is 5.21 Å². The summed E-state index contributed by atoms with van der Waals surface area (Å²) in [7, 11) is 4.81. The molecule has 8 heteroatoms. The molecular formula is C11H18N4O4. The van der Waals surface area contributed by atoms with E-state index in [1.165, 1.54) is 16.7 Å². The van der Waals surface area contributed by atoms with Crippen LogP contribution in [0, 0.1) is 6.92 Å². The van der Waals surface area contributed by atoms with Crippen molar-refractivity contribution in [1.29, 1.82) is 0 Å². The second-order valence-corrected chi connectivity index (χ2v) is 4.10. The van der Waals surface area contributed by atoms with E-state index in [2.05, 4.69) is 10.3 Å². The SMILES string of the molecule is COCCOC(=O)c1nnn(CC(=O)N(C)C)c1C. The van der Waals surface area contributed by atoms with Crippen LogP contribution in [-0.4, -0.2) is 66.2 Å². The van der Waals surface area contributed by atoms with Crippen LogP contribution in [0.3, 0.4) is 0 Å². The van der Waals surface area contributed by atoms with E-state index in [0.717, 1.165) is 0 Å². The normalized spacial score (nSPS) is 10.3. The summed E-state index contributed by atoms with van der Waals surface area (Å²) >= 11 is 0. The summed E-state index contributed by atoms with van der Waals surface area (Å²) in [5.41, 5.74) is 0.611. The van der Waals surface area contributed by atoms with Crippen molar-refractivity contribution >= 4 is 11.9 Å². The van der Waals surface area contributed by atoms with E-state index in [1.807, 2.05) is 0 Å². The van der Waals surface area contributed by atoms with E-state index in [0.29, 0.717) is 12.3 Å². The minimum Gasteiger partial charge on any atom is -0.458 e. The van der Waals surface area contributed by atoms with Crippen molar-refractivity contribution in [3.63, 3.8) is 0 Å². The maximum absolute atomic E-state index is 11.7. The Morgan fingerprint density at radius 2 is 2.00 bits per heavy atom. The Hall–Kier alpha value is -1.96. The largest absolute Gasteiger partial charge is 0.458 e. The summed E-state index contributed by atoms with van der Waals surface area (Å²) in [5.74, 6) is -0.703. The molecule has 1 heterocycles. The number of likely N-dealkylation sites (N-methyl/N-ethyl adjacent to an activating group) is 1. The lowest BCUT2D eigenvalue weighted by Gasteiger charge is -2.10. The number of amides is 1. The number of hydrogen-bond acceptors (Lipinski definition) is 6. The highest BCUT2D eigenvalue weighted by Crippen LogP contribution is 2.06. The third-order valence-corrected chi connectivity index (χ3v) is 2.48. The van der Waals surface area contributed by atoms with Crippen molar-refractivity contribution in [1.82, 2.24) is 19.9 Å². The molecule has 0 aromatic carbocycles. The van der Waals surface area contributed by atoms with Crippen molar-refractivity contribution in [2.24, 2.45) is 0 Å². The molecule has 8 nitrogen and oxygen atoms in total. The molecule has 0 unspecified atom stereocenters. The topological polar surface area (TPSA) is 86.5 Å². The number of esters is 1. The number of methoxy groups -OCH3 is 1. The highest BCUT2D eigenvalue weighted by Gasteiger charge is 2.19. The molecule has 0 fully saturated rings. The summed E-state index contributed by atoms with van der Waals surface area (Å²) < 4.78 is 11.1. The van der Waals surface area contributed by atoms with E-state index >= 15 is 0 Å². The van der Waals surface area contributed by atoms with Crippen LogP contribution in [0.4, 0.5) is 0 Å². The summed E-state index contributed by atoms with van der Waals surface area (Å²) in [6.07, 6.45) is 0. The molecule has 0 N–H and O–H groups in total. The highest BCUT2D eigenvalue weighted by molar-refractivity contribution is 5.88. The number of ether oxygens (including phenoxy) is 2. The molecule has 1 amide bonds. The number of aromatic nitrogens is 3. The van der Waals surface area contributed by atoms with Gasteiger partial charge in [0.05, 0.1) is 12.3 Å². The fourth-order valence-corrected chi connectivity index (χ4v) is 1.25. The van der Waals surface area contributed by atoms with Crippen LogP contribution >= 0.6 is 0 Å². The van der Waals surface area contributed by atoms with Gasteiger partial charge in [0, 0.05) is 21.2 Å². The molecule has 1 aromatic rings. The average Bonchev–Trinajstić information content (AvgIpc) is 2.71. The Bertz CT molecular complexity index is 456. The predicted octanol–water partition coefficient (Wildman–Crippen LogP) is -0.522. The van der Waals surface area contributed by atoms with Gasteiger partial charge in [-0.3, -0.25) is 4.79 Å². The van der Waals surface area contributed by atoms with Crippen molar-refractivity contribution in [2.75, 3.05) is 34.4 Å². The van der Waals surface area contributed by atoms with E-state index in [4.69, 9.17) is 9.47 Å². The lowest BCUT2D eigenvalue weighted by Crippen LogP contribution is -2.27. The molecule has 0 saturated heterocycles. The van der Waals surface area contributed by atoms with Gasteiger partial charge in [0.25, 0.3) is 0 Å². The van der Waals surface area contributed by atoms with Crippen LogP contribution in [0.15, 0.2) is 0 Å². The third kappa shape index (κ3) is 4.02. The molecule has 0 bridgehead atoms. The molecule has 0 aliphatic carbocycles. The Balaban J connectivity index is 2.70. The van der Waals surface area contributed by atoms with E-state index < -0.39 is 5.97 Å². The van der Waals surface area contributed by atoms with Crippen molar-refractivity contribution in [3.05, 3.63) is 11.4 Å². The fraction of sp³-hybridized carbons (Fsp3) is 0.636.